The van der Waals surface area contributed by atoms with Crippen molar-refractivity contribution in [3.8, 4) is 0 Å². The lowest BCUT2D eigenvalue weighted by molar-refractivity contribution is -0.125. The van der Waals surface area contributed by atoms with Crippen LogP contribution in [-0.2, 0) is 16.6 Å². The van der Waals surface area contributed by atoms with Crippen molar-refractivity contribution in [1.29, 1.82) is 0 Å². The summed E-state index contributed by atoms with van der Waals surface area (Å²) in [5, 5.41) is 3.02. The fraction of sp³-hybridized carbons (Fsp3) is 0.682. The monoisotopic (exact) mass is 418 g/mol. The number of hydrogen-bond acceptors (Lipinski definition) is 4. The second-order valence-corrected chi connectivity index (χ2v) is 9.34. The summed E-state index contributed by atoms with van der Waals surface area (Å²) in [5.41, 5.74) is 0.0931. The van der Waals surface area contributed by atoms with Gasteiger partial charge in [0.05, 0.1) is 0 Å². The van der Waals surface area contributed by atoms with Gasteiger partial charge in [0, 0.05) is 39.4 Å². The summed E-state index contributed by atoms with van der Waals surface area (Å²) in [6.07, 6.45) is 4.76. The third-order valence-electron chi connectivity index (χ3n) is 5.72. The smallest absolute Gasteiger partial charge is 0.410 e. The Bertz CT molecular complexity index is 782. The maximum atomic E-state index is 12.8. The standard InChI is InChI=1S/C22H34N4O4/c1-22(2,3)30-21(29)26-13-7-9-17(26)19(27)23-14-16-8-5-12-25(15-16)20(28)18-10-6-11-24(18)4/h6,10-11,16-17H,5,7-9,12-15H2,1-4H3,(H,23,27)/t16-,17-/m0/s1. The molecule has 2 fully saturated rings. The topological polar surface area (TPSA) is 83.9 Å². The molecule has 0 saturated carbocycles. The first-order valence-corrected chi connectivity index (χ1v) is 10.8. The van der Waals surface area contributed by atoms with Gasteiger partial charge in [-0.15, -0.1) is 0 Å². The predicted molar refractivity (Wildman–Crippen MR) is 113 cm³/mol. The van der Waals surface area contributed by atoms with E-state index in [1.54, 1.807) is 0 Å². The first-order valence-electron chi connectivity index (χ1n) is 10.8. The Morgan fingerprint density at radius 2 is 1.90 bits per heavy atom. The Morgan fingerprint density at radius 3 is 2.57 bits per heavy atom. The number of aryl methyl sites for hydroxylation is 1. The van der Waals surface area contributed by atoms with E-state index >= 15 is 0 Å². The third kappa shape index (κ3) is 5.34. The molecule has 2 aliphatic heterocycles. The van der Waals surface area contributed by atoms with E-state index in [0.717, 1.165) is 25.8 Å². The highest BCUT2D eigenvalue weighted by Crippen LogP contribution is 2.22. The zero-order valence-corrected chi connectivity index (χ0v) is 18.5. The van der Waals surface area contributed by atoms with E-state index in [1.807, 2.05) is 55.6 Å². The maximum absolute atomic E-state index is 12.8. The minimum absolute atomic E-state index is 0.0328. The molecule has 0 radical (unpaired) electrons. The molecule has 3 amide bonds. The highest BCUT2D eigenvalue weighted by molar-refractivity contribution is 5.92. The molecule has 2 aliphatic rings. The molecular weight excluding hydrogens is 384 g/mol. The van der Waals surface area contributed by atoms with Gasteiger partial charge in [0.15, 0.2) is 0 Å². The van der Waals surface area contributed by atoms with Crippen LogP contribution in [0.25, 0.3) is 0 Å². The van der Waals surface area contributed by atoms with E-state index in [4.69, 9.17) is 4.74 Å². The summed E-state index contributed by atoms with van der Waals surface area (Å²) in [6, 6.07) is 3.22. The molecule has 1 N–H and O–H groups in total. The van der Waals surface area contributed by atoms with Crippen LogP contribution in [0, 0.1) is 5.92 Å². The second-order valence-electron chi connectivity index (χ2n) is 9.34. The van der Waals surface area contributed by atoms with Crippen LogP contribution < -0.4 is 5.32 Å². The molecule has 30 heavy (non-hydrogen) atoms. The number of carbonyl (C=O) groups excluding carboxylic acids is 3. The SMILES string of the molecule is Cn1cccc1C(=O)N1CCC[C@@H](CNC(=O)[C@@H]2CCCN2C(=O)OC(C)(C)C)C1. The molecule has 2 saturated heterocycles. The van der Waals surface area contributed by atoms with Gasteiger partial charge in [0.25, 0.3) is 5.91 Å². The van der Waals surface area contributed by atoms with Crippen LogP contribution in [0.3, 0.4) is 0 Å². The first-order chi connectivity index (χ1) is 14.2. The molecule has 2 atom stereocenters. The van der Waals surface area contributed by atoms with Crippen LogP contribution >= 0.6 is 0 Å². The molecule has 3 heterocycles. The van der Waals surface area contributed by atoms with Gasteiger partial charge in [-0.2, -0.15) is 0 Å². The van der Waals surface area contributed by atoms with E-state index in [1.165, 1.54) is 4.90 Å². The average molecular weight is 419 g/mol. The van der Waals surface area contributed by atoms with Gasteiger partial charge in [0.1, 0.15) is 17.3 Å². The number of ether oxygens (including phenoxy) is 1. The molecule has 0 bridgehead atoms. The van der Waals surface area contributed by atoms with Gasteiger partial charge in [0.2, 0.25) is 5.91 Å². The average Bonchev–Trinajstić information content (AvgIpc) is 3.33. The van der Waals surface area contributed by atoms with Gasteiger partial charge >= 0.3 is 6.09 Å². The molecule has 0 spiro atoms. The molecule has 166 valence electrons. The zero-order chi connectivity index (χ0) is 21.9. The Hall–Kier alpha value is -2.51. The quantitative estimate of drug-likeness (QED) is 0.814. The summed E-state index contributed by atoms with van der Waals surface area (Å²) in [4.78, 5) is 41.4. The Labute approximate surface area is 178 Å². The summed E-state index contributed by atoms with van der Waals surface area (Å²) < 4.78 is 7.28. The number of aromatic nitrogens is 1. The van der Waals surface area contributed by atoms with Gasteiger partial charge in [-0.25, -0.2) is 4.79 Å². The second kappa shape index (κ2) is 9.10. The van der Waals surface area contributed by atoms with Crippen molar-refractivity contribution >= 4 is 17.9 Å². The van der Waals surface area contributed by atoms with Crippen molar-refractivity contribution in [1.82, 2.24) is 19.7 Å². The molecule has 8 heteroatoms. The summed E-state index contributed by atoms with van der Waals surface area (Å²) in [7, 11) is 1.87. The lowest BCUT2D eigenvalue weighted by Crippen LogP contribution is -2.50. The number of rotatable bonds is 4. The largest absolute Gasteiger partial charge is 0.444 e. The van der Waals surface area contributed by atoms with Crippen LogP contribution in [0.15, 0.2) is 18.3 Å². The predicted octanol–water partition coefficient (Wildman–Crippen LogP) is 2.39. The van der Waals surface area contributed by atoms with Crippen LogP contribution in [-0.4, -0.2) is 70.1 Å². The molecule has 0 aromatic carbocycles. The lowest BCUT2D eigenvalue weighted by Gasteiger charge is -2.33. The fourth-order valence-corrected chi connectivity index (χ4v) is 4.20. The van der Waals surface area contributed by atoms with Crippen molar-refractivity contribution in [3.63, 3.8) is 0 Å². The van der Waals surface area contributed by atoms with Crippen molar-refractivity contribution in [2.75, 3.05) is 26.2 Å². The van der Waals surface area contributed by atoms with Crippen molar-refractivity contribution in [2.24, 2.45) is 13.0 Å². The fourth-order valence-electron chi connectivity index (χ4n) is 4.20. The van der Waals surface area contributed by atoms with Gasteiger partial charge in [-0.1, -0.05) is 0 Å². The van der Waals surface area contributed by atoms with Crippen LogP contribution in [0.2, 0.25) is 0 Å². The van der Waals surface area contributed by atoms with Gasteiger partial charge in [-0.05, 0) is 64.5 Å². The molecular formula is C22H34N4O4. The number of piperidine rings is 1. The lowest BCUT2D eigenvalue weighted by atomic mass is 9.97. The zero-order valence-electron chi connectivity index (χ0n) is 18.5. The van der Waals surface area contributed by atoms with Crippen molar-refractivity contribution in [3.05, 3.63) is 24.0 Å². The Kier molecular flexibility index (Phi) is 6.73. The summed E-state index contributed by atoms with van der Waals surface area (Å²) in [5.74, 6) is 0.109. The van der Waals surface area contributed by atoms with E-state index < -0.39 is 17.7 Å². The number of hydrogen-bond donors (Lipinski definition) is 1. The van der Waals surface area contributed by atoms with Crippen molar-refractivity contribution < 1.29 is 19.1 Å². The Balaban J connectivity index is 1.52. The molecule has 0 aliphatic carbocycles. The highest BCUT2D eigenvalue weighted by atomic mass is 16.6. The number of nitrogens with one attached hydrogen (secondary N) is 1. The molecule has 1 aromatic rings. The van der Waals surface area contributed by atoms with E-state index in [-0.39, 0.29) is 17.7 Å². The van der Waals surface area contributed by atoms with Gasteiger partial charge in [-0.3, -0.25) is 14.5 Å². The van der Waals surface area contributed by atoms with Crippen LogP contribution in [0.1, 0.15) is 56.9 Å². The highest BCUT2D eigenvalue weighted by Gasteiger charge is 2.37. The molecule has 8 nitrogen and oxygen atoms in total. The Morgan fingerprint density at radius 1 is 1.17 bits per heavy atom. The molecule has 1 aromatic heterocycles. The number of carbonyl (C=O) groups is 3. The van der Waals surface area contributed by atoms with E-state index in [9.17, 15) is 14.4 Å². The van der Waals surface area contributed by atoms with Crippen LogP contribution in [0.4, 0.5) is 4.79 Å². The van der Waals surface area contributed by atoms with E-state index in [0.29, 0.717) is 31.7 Å². The maximum Gasteiger partial charge on any atom is 0.410 e. The van der Waals surface area contributed by atoms with Crippen molar-refractivity contribution in [2.45, 2.75) is 58.1 Å². The first kappa shape index (κ1) is 22.2. The number of nitrogens with zero attached hydrogens (tertiary/aromatic N) is 3. The van der Waals surface area contributed by atoms with Crippen LogP contribution in [0.5, 0.6) is 0 Å². The van der Waals surface area contributed by atoms with E-state index in [2.05, 4.69) is 5.32 Å². The van der Waals surface area contributed by atoms with Gasteiger partial charge < -0.3 is 19.5 Å². The summed E-state index contributed by atoms with van der Waals surface area (Å²) in [6.45, 7) is 7.88. The number of likely N-dealkylation sites (tertiary alicyclic amines) is 2. The minimum Gasteiger partial charge on any atom is -0.444 e. The molecule has 0 unspecified atom stereocenters. The minimum atomic E-state index is -0.586. The number of amides is 3. The third-order valence-corrected chi connectivity index (χ3v) is 5.72. The molecule has 3 rings (SSSR count). The summed E-state index contributed by atoms with van der Waals surface area (Å²) >= 11 is 0. The normalized spacial score (nSPS) is 22.1.